The lowest BCUT2D eigenvalue weighted by molar-refractivity contribution is -0.156. The monoisotopic (exact) mass is 558 g/mol. The zero-order valence-corrected chi connectivity index (χ0v) is 23.3. The van der Waals surface area contributed by atoms with Crippen molar-refractivity contribution in [3.05, 3.63) is 99.5 Å². The largest absolute Gasteiger partial charge is 0.459 e. The minimum absolute atomic E-state index is 0.106. The summed E-state index contributed by atoms with van der Waals surface area (Å²) in [6.07, 6.45) is 0. The van der Waals surface area contributed by atoms with Crippen LogP contribution in [0.5, 0.6) is 0 Å². The number of aromatic nitrogens is 1. The minimum atomic E-state index is -0.642. The molecule has 0 saturated carbocycles. The average molecular weight is 560 g/mol. The van der Waals surface area contributed by atoms with E-state index in [0.717, 1.165) is 43.3 Å². The number of hydrogen-bond donors (Lipinski definition) is 1. The fraction of sp³-hybridized carbons (Fsp3) is 0.258. The maximum absolute atomic E-state index is 13.8. The van der Waals surface area contributed by atoms with Crippen molar-refractivity contribution in [3.8, 4) is 11.3 Å². The van der Waals surface area contributed by atoms with Gasteiger partial charge in [-0.05, 0) is 63.9 Å². The van der Waals surface area contributed by atoms with Crippen LogP contribution in [0.3, 0.4) is 0 Å². The maximum Gasteiger partial charge on any atom is 0.315 e. The van der Waals surface area contributed by atoms with Gasteiger partial charge in [0.15, 0.2) is 0 Å². The Morgan fingerprint density at radius 2 is 1.70 bits per heavy atom. The molecule has 6 heteroatoms. The third kappa shape index (κ3) is 6.25. The van der Waals surface area contributed by atoms with Crippen LogP contribution in [0.1, 0.15) is 53.7 Å². The lowest BCUT2D eigenvalue weighted by Gasteiger charge is -2.25. The normalized spacial score (nSPS) is 12.3. The Kier molecular flexibility index (Phi) is 7.79. The number of esters is 1. The number of nitrogens with zero attached hydrogens (tertiary/aromatic N) is 1. The number of rotatable bonds is 6. The molecule has 0 bridgehead atoms. The molecule has 1 unspecified atom stereocenters. The first-order valence-electron chi connectivity index (χ1n) is 12.3. The van der Waals surface area contributed by atoms with Crippen LogP contribution < -0.4 is 5.32 Å². The van der Waals surface area contributed by atoms with Crippen molar-refractivity contribution in [3.63, 3.8) is 0 Å². The Hall–Kier alpha value is -3.51. The Bertz CT molecular complexity index is 1460. The van der Waals surface area contributed by atoms with Crippen LogP contribution in [0.4, 0.5) is 0 Å². The average Bonchev–Trinajstić information content (AvgIpc) is 2.83. The van der Waals surface area contributed by atoms with Gasteiger partial charge in [-0.2, -0.15) is 0 Å². The molecule has 0 radical (unpaired) electrons. The van der Waals surface area contributed by atoms with Gasteiger partial charge in [0.25, 0.3) is 5.91 Å². The molecule has 4 rings (SSSR count). The van der Waals surface area contributed by atoms with Gasteiger partial charge in [0.05, 0.1) is 22.7 Å². The first-order chi connectivity index (χ1) is 17.5. The van der Waals surface area contributed by atoms with Crippen LogP contribution in [-0.4, -0.2) is 29.0 Å². The standard InChI is InChI=1S/C31H31BrN2O3/c1-19-10-9-13-22(16-19)25(30(36)37-31(3,4)5)18-33-29(35)27-20(2)28(21-11-7-6-8-12-21)34-26-15-14-23(32)17-24(26)27/h6-17,25H,18H2,1-5H3,(H,33,35). The summed E-state index contributed by atoms with van der Waals surface area (Å²) < 4.78 is 6.57. The zero-order chi connectivity index (χ0) is 26.7. The molecule has 37 heavy (non-hydrogen) atoms. The highest BCUT2D eigenvalue weighted by Gasteiger charge is 2.28. The fourth-order valence-corrected chi connectivity index (χ4v) is 4.74. The lowest BCUT2D eigenvalue weighted by atomic mass is 9.95. The molecule has 0 fully saturated rings. The molecule has 0 aliphatic rings. The highest BCUT2D eigenvalue weighted by Crippen LogP contribution is 2.31. The molecule has 0 spiro atoms. The number of fused-ring (bicyclic) bond motifs is 1. The van der Waals surface area contributed by atoms with E-state index in [-0.39, 0.29) is 18.4 Å². The van der Waals surface area contributed by atoms with E-state index in [1.807, 2.05) is 107 Å². The van der Waals surface area contributed by atoms with Crippen molar-refractivity contribution in [2.45, 2.75) is 46.1 Å². The zero-order valence-electron chi connectivity index (χ0n) is 21.8. The van der Waals surface area contributed by atoms with Crippen molar-refractivity contribution in [1.29, 1.82) is 0 Å². The predicted octanol–water partition coefficient (Wildman–Crippen LogP) is 7.14. The molecule has 1 aromatic heterocycles. The summed E-state index contributed by atoms with van der Waals surface area (Å²) in [5.74, 6) is -1.28. The molecule has 0 saturated heterocycles. The Morgan fingerprint density at radius 1 is 0.973 bits per heavy atom. The first kappa shape index (κ1) is 26.6. The number of nitrogens with one attached hydrogen (secondary N) is 1. The van der Waals surface area contributed by atoms with E-state index in [9.17, 15) is 9.59 Å². The van der Waals surface area contributed by atoms with Gasteiger partial charge in [0.2, 0.25) is 0 Å². The summed E-state index contributed by atoms with van der Waals surface area (Å²) in [6.45, 7) is 9.51. The van der Waals surface area contributed by atoms with Crippen LogP contribution >= 0.6 is 15.9 Å². The van der Waals surface area contributed by atoms with E-state index in [2.05, 4.69) is 21.2 Å². The molecule has 190 valence electrons. The summed E-state index contributed by atoms with van der Waals surface area (Å²) in [5.41, 5.74) is 4.92. The Balaban J connectivity index is 1.73. The summed E-state index contributed by atoms with van der Waals surface area (Å²) in [7, 11) is 0. The third-order valence-electron chi connectivity index (χ3n) is 6.07. The van der Waals surface area contributed by atoms with Crippen molar-refractivity contribution in [2.75, 3.05) is 6.54 Å². The minimum Gasteiger partial charge on any atom is -0.459 e. The van der Waals surface area contributed by atoms with E-state index >= 15 is 0 Å². The number of carbonyl (C=O) groups excluding carboxylic acids is 2. The van der Waals surface area contributed by atoms with Crippen molar-refractivity contribution in [2.24, 2.45) is 0 Å². The number of halogens is 1. The van der Waals surface area contributed by atoms with E-state index in [4.69, 9.17) is 9.72 Å². The van der Waals surface area contributed by atoms with Gasteiger partial charge in [-0.15, -0.1) is 0 Å². The van der Waals surface area contributed by atoms with Gasteiger partial charge in [0.1, 0.15) is 5.60 Å². The highest BCUT2D eigenvalue weighted by atomic mass is 79.9. The number of amides is 1. The quantitative estimate of drug-likeness (QED) is 0.255. The van der Waals surface area contributed by atoms with Crippen LogP contribution in [0, 0.1) is 13.8 Å². The third-order valence-corrected chi connectivity index (χ3v) is 6.56. The molecule has 0 aliphatic carbocycles. The second kappa shape index (κ2) is 10.9. The van der Waals surface area contributed by atoms with Crippen LogP contribution in [-0.2, 0) is 9.53 Å². The molecule has 5 nitrogen and oxygen atoms in total. The summed E-state index contributed by atoms with van der Waals surface area (Å²) in [4.78, 5) is 31.8. The van der Waals surface area contributed by atoms with Crippen molar-refractivity contribution < 1.29 is 14.3 Å². The highest BCUT2D eigenvalue weighted by molar-refractivity contribution is 9.10. The summed E-state index contributed by atoms with van der Waals surface area (Å²) >= 11 is 3.53. The van der Waals surface area contributed by atoms with Gasteiger partial charge in [-0.25, -0.2) is 4.98 Å². The molecule has 4 aromatic rings. The Labute approximate surface area is 226 Å². The van der Waals surface area contributed by atoms with Crippen LogP contribution in [0.2, 0.25) is 0 Å². The van der Waals surface area contributed by atoms with E-state index < -0.39 is 11.5 Å². The van der Waals surface area contributed by atoms with Crippen molar-refractivity contribution >= 4 is 38.7 Å². The molecular formula is C31H31BrN2O3. The number of ether oxygens (including phenoxy) is 1. The molecule has 3 aromatic carbocycles. The number of benzene rings is 3. The molecule has 1 N–H and O–H groups in total. The number of aryl methyl sites for hydroxylation is 1. The van der Waals surface area contributed by atoms with Gasteiger partial charge in [-0.1, -0.05) is 76.1 Å². The molecule has 1 heterocycles. The van der Waals surface area contributed by atoms with Crippen LogP contribution in [0.15, 0.2) is 77.3 Å². The van der Waals surface area contributed by atoms with E-state index in [1.165, 1.54) is 0 Å². The number of pyridine rings is 1. The Morgan fingerprint density at radius 3 is 2.38 bits per heavy atom. The first-order valence-corrected chi connectivity index (χ1v) is 13.1. The second-order valence-corrected chi connectivity index (χ2v) is 11.1. The fourth-order valence-electron chi connectivity index (χ4n) is 4.38. The van der Waals surface area contributed by atoms with Crippen LogP contribution in [0.25, 0.3) is 22.2 Å². The van der Waals surface area contributed by atoms with Gasteiger partial charge >= 0.3 is 5.97 Å². The number of hydrogen-bond acceptors (Lipinski definition) is 4. The van der Waals surface area contributed by atoms with E-state index in [1.54, 1.807) is 0 Å². The van der Waals surface area contributed by atoms with Gasteiger partial charge in [0, 0.05) is 22.0 Å². The van der Waals surface area contributed by atoms with E-state index in [0.29, 0.717) is 5.56 Å². The topological polar surface area (TPSA) is 68.3 Å². The van der Waals surface area contributed by atoms with Gasteiger partial charge < -0.3 is 10.1 Å². The predicted molar refractivity (Wildman–Crippen MR) is 152 cm³/mol. The second-order valence-electron chi connectivity index (χ2n) is 10.2. The molecule has 0 aliphatic heterocycles. The summed E-state index contributed by atoms with van der Waals surface area (Å²) in [6, 6.07) is 23.3. The lowest BCUT2D eigenvalue weighted by Crippen LogP contribution is -2.36. The van der Waals surface area contributed by atoms with Gasteiger partial charge in [-0.3, -0.25) is 9.59 Å². The SMILES string of the molecule is Cc1cccc(C(CNC(=O)c2c(C)c(-c3ccccc3)nc3ccc(Br)cc23)C(=O)OC(C)(C)C)c1. The smallest absolute Gasteiger partial charge is 0.315 e. The number of carbonyl (C=O) groups is 2. The van der Waals surface area contributed by atoms with Crippen molar-refractivity contribution in [1.82, 2.24) is 10.3 Å². The molecular weight excluding hydrogens is 528 g/mol. The maximum atomic E-state index is 13.8. The molecule has 1 atom stereocenters. The summed E-state index contributed by atoms with van der Waals surface area (Å²) in [5, 5.41) is 3.78. The molecule has 1 amide bonds.